The highest BCUT2D eigenvalue weighted by Gasteiger charge is 2.34. The van der Waals surface area contributed by atoms with E-state index in [4.69, 9.17) is 0 Å². The van der Waals surface area contributed by atoms with Gasteiger partial charge in [0.05, 0.1) is 22.5 Å². The third-order valence-electron chi connectivity index (χ3n) is 3.25. The van der Waals surface area contributed by atoms with Crippen molar-refractivity contribution in [3.8, 4) is 0 Å². The van der Waals surface area contributed by atoms with Crippen molar-refractivity contribution in [3.63, 3.8) is 0 Å². The van der Waals surface area contributed by atoms with Crippen LogP contribution in [0.15, 0.2) is 6.07 Å². The summed E-state index contributed by atoms with van der Waals surface area (Å²) in [4.78, 5) is 12.9. The van der Waals surface area contributed by atoms with Gasteiger partial charge in [0.1, 0.15) is 0 Å². The number of aliphatic hydroxyl groups excluding tert-OH is 1. The molecule has 1 aliphatic rings. The molecule has 9 heteroatoms. The number of sulfone groups is 1. The molecule has 2 atom stereocenters. The Labute approximate surface area is 120 Å². The Balaban J connectivity index is 2.39. The van der Waals surface area contributed by atoms with E-state index in [1.54, 1.807) is 18.7 Å². The van der Waals surface area contributed by atoms with Crippen LogP contribution >= 0.6 is 11.3 Å². The normalized spacial score (nSPS) is 23.6. The van der Waals surface area contributed by atoms with Gasteiger partial charge in [0.2, 0.25) is 0 Å². The minimum Gasteiger partial charge on any atom is -0.388 e. The van der Waals surface area contributed by atoms with Crippen LogP contribution in [0.1, 0.15) is 24.8 Å². The number of rotatable bonds is 3. The van der Waals surface area contributed by atoms with Gasteiger partial charge in [0.25, 0.3) is 0 Å². The zero-order chi connectivity index (χ0) is 15.1. The maximum absolute atomic E-state index is 11.6. The van der Waals surface area contributed by atoms with Crippen LogP contribution in [0.25, 0.3) is 0 Å². The zero-order valence-electron chi connectivity index (χ0n) is 11.1. The van der Waals surface area contributed by atoms with Gasteiger partial charge < -0.3 is 10.0 Å². The Bertz CT molecular complexity index is 623. The molecule has 1 fully saturated rings. The molecule has 0 amide bonds. The zero-order valence-corrected chi connectivity index (χ0v) is 12.8. The molecule has 0 spiro atoms. The monoisotopic (exact) mass is 320 g/mol. The maximum Gasteiger partial charge on any atom is 0.304 e. The van der Waals surface area contributed by atoms with Crippen molar-refractivity contribution in [1.82, 2.24) is 0 Å². The van der Waals surface area contributed by atoms with Crippen molar-refractivity contribution in [2.75, 3.05) is 23.0 Å². The van der Waals surface area contributed by atoms with Crippen LogP contribution in [0.3, 0.4) is 0 Å². The summed E-state index contributed by atoms with van der Waals surface area (Å²) in [5.41, 5.74) is -0.0722. The highest BCUT2D eigenvalue weighted by atomic mass is 32.2. The number of thiophene rings is 1. The van der Waals surface area contributed by atoms with Crippen LogP contribution in [-0.4, -0.2) is 42.5 Å². The molecule has 0 aliphatic carbocycles. The van der Waals surface area contributed by atoms with Crippen LogP contribution < -0.4 is 4.90 Å². The fourth-order valence-electron chi connectivity index (χ4n) is 2.23. The minimum atomic E-state index is -3.07. The lowest BCUT2D eigenvalue weighted by Gasteiger charge is -2.33. The highest BCUT2D eigenvalue weighted by Crippen LogP contribution is 2.41. The number of nitro groups is 1. The molecule has 0 radical (unpaired) electrons. The Morgan fingerprint density at radius 2 is 2.25 bits per heavy atom. The van der Waals surface area contributed by atoms with Crippen molar-refractivity contribution in [2.24, 2.45) is 0 Å². The largest absolute Gasteiger partial charge is 0.388 e. The Kier molecular flexibility index (Phi) is 4.03. The van der Waals surface area contributed by atoms with Gasteiger partial charge >= 0.3 is 5.69 Å². The van der Waals surface area contributed by atoms with E-state index in [0.29, 0.717) is 9.88 Å². The van der Waals surface area contributed by atoms with Gasteiger partial charge in [0.15, 0.2) is 14.8 Å². The van der Waals surface area contributed by atoms with Crippen LogP contribution in [0.4, 0.5) is 10.7 Å². The summed E-state index contributed by atoms with van der Waals surface area (Å²) >= 11 is 1.15. The molecule has 0 saturated carbocycles. The van der Waals surface area contributed by atoms with E-state index in [2.05, 4.69) is 0 Å². The van der Waals surface area contributed by atoms with Gasteiger partial charge in [-0.3, -0.25) is 10.1 Å². The lowest BCUT2D eigenvalue weighted by atomic mass is 10.3. The standard InChI is InChI=1S/C11H16N2O5S2/c1-7-6-20(17,18)4-3-12(7)11-9(13(15)16)5-10(19-11)8(2)14/h5,7-8,14H,3-4,6H2,1-2H3. The van der Waals surface area contributed by atoms with E-state index >= 15 is 0 Å². The summed E-state index contributed by atoms with van der Waals surface area (Å²) in [5, 5.41) is 21.1. The van der Waals surface area contributed by atoms with E-state index < -0.39 is 20.9 Å². The molecule has 112 valence electrons. The lowest BCUT2D eigenvalue weighted by Crippen LogP contribution is -2.46. The number of anilines is 1. The highest BCUT2D eigenvalue weighted by molar-refractivity contribution is 7.91. The molecule has 0 aromatic carbocycles. The molecule has 1 saturated heterocycles. The fourth-order valence-corrected chi connectivity index (χ4v) is 4.98. The maximum atomic E-state index is 11.6. The van der Waals surface area contributed by atoms with Gasteiger partial charge in [-0.1, -0.05) is 0 Å². The van der Waals surface area contributed by atoms with E-state index in [0.717, 1.165) is 11.3 Å². The van der Waals surface area contributed by atoms with E-state index in [1.165, 1.54) is 6.07 Å². The third kappa shape index (κ3) is 2.94. The number of nitrogens with zero attached hydrogens (tertiary/aromatic N) is 2. The smallest absolute Gasteiger partial charge is 0.304 e. The molecule has 1 aliphatic heterocycles. The summed E-state index contributed by atoms with van der Waals surface area (Å²) in [6.45, 7) is 3.52. The Morgan fingerprint density at radius 1 is 1.60 bits per heavy atom. The molecule has 20 heavy (non-hydrogen) atoms. The van der Waals surface area contributed by atoms with Crippen LogP contribution in [0, 0.1) is 10.1 Å². The van der Waals surface area contributed by atoms with Crippen LogP contribution in [0.2, 0.25) is 0 Å². The second kappa shape index (κ2) is 5.30. The van der Waals surface area contributed by atoms with Gasteiger partial charge in [-0.05, 0) is 13.8 Å². The molecular weight excluding hydrogens is 304 g/mol. The van der Waals surface area contributed by atoms with E-state index in [-0.39, 0.29) is 29.8 Å². The predicted octanol–water partition coefficient (Wildman–Crippen LogP) is 1.33. The van der Waals surface area contributed by atoms with Crippen molar-refractivity contribution in [3.05, 3.63) is 21.1 Å². The second-order valence-electron chi connectivity index (χ2n) is 4.93. The van der Waals surface area contributed by atoms with Crippen molar-refractivity contribution in [1.29, 1.82) is 0 Å². The topological polar surface area (TPSA) is 101 Å². The number of hydrogen-bond donors (Lipinski definition) is 1. The molecule has 1 N–H and O–H groups in total. The summed E-state index contributed by atoms with van der Waals surface area (Å²) in [6, 6.07) is 1.05. The average molecular weight is 320 g/mol. The first-order valence-electron chi connectivity index (χ1n) is 6.14. The first-order chi connectivity index (χ1) is 9.21. The summed E-state index contributed by atoms with van der Waals surface area (Å²) in [5.74, 6) is -0.0114. The predicted molar refractivity (Wildman–Crippen MR) is 77.1 cm³/mol. The van der Waals surface area contributed by atoms with E-state index in [1.807, 2.05) is 0 Å². The Hall–Kier alpha value is -1.19. The van der Waals surface area contributed by atoms with Crippen molar-refractivity contribution >= 4 is 31.9 Å². The quantitative estimate of drug-likeness (QED) is 0.666. The molecule has 0 bridgehead atoms. The second-order valence-corrected chi connectivity index (χ2v) is 8.22. The lowest BCUT2D eigenvalue weighted by molar-refractivity contribution is -0.383. The molecule has 1 aromatic rings. The molecular formula is C11H16N2O5S2. The minimum absolute atomic E-state index is 0.00357. The number of aliphatic hydroxyl groups is 1. The van der Waals surface area contributed by atoms with Gasteiger partial charge in [-0.2, -0.15) is 0 Å². The third-order valence-corrected chi connectivity index (χ3v) is 6.38. The summed E-state index contributed by atoms with van der Waals surface area (Å²) < 4.78 is 23.1. The van der Waals surface area contributed by atoms with Gasteiger partial charge in [-0.15, -0.1) is 11.3 Å². The number of hydrogen-bond acceptors (Lipinski definition) is 7. The van der Waals surface area contributed by atoms with Gasteiger partial charge in [-0.25, -0.2) is 8.42 Å². The molecule has 1 aromatic heterocycles. The first-order valence-corrected chi connectivity index (χ1v) is 8.78. The molecule has 2 unspecified atom stereocenters. The van der Waals surface area contributed by atoms with Gasteiger partial charge in [0, 0.05) is 23.5 Å². The first kappa shape index (κ1) is 15.2. The molecule has 7 nitrogen and oxygen atoms in total. The van der Waals surface area contributed by atoms with E-state index in [9.17, 15) is 23.6 Å². The summed E-state index contributed by atoms with van der Waals surface area (Å²) in [6.07, 6.45) is -0.781. The Morgan fingerprint density at radius 3 is 2.75 bits per heavy atom. The fraction of sp³-hybridized carbons (Fsp3) is 0.636. The SMILES string of the molecule is CC(O)c1cc([N+](=O)[O-])c(N2CCS(=O)(=O)CC2C)s1. The van der Waals surface area contributed by atoms with Crippen molar-refractivity contribution in [2.45, 2.75) is 26.0 Å². The van der Waals surface area contributed by atoms with Crippen LogP contribution in [-0.2, 0) is 9.84 Å². The summed E-state index contributed by atoms with van der Waals surface area (Å²) in [7, 11) is -3.07. The van der Waals surface area contributed by atoms with Crippen molar-refractivity contribution < 1.29 is 18.4 Å². The van der Waals surface area contributed by atoms with Crippen LogP contribution in [0.5, 0.6) is 0 Å². The molecule has 2 rings (SSSR count). The average Bonchev–Trinajstić information content (AvgIpc) is 2.72. The molecule has 2 heterocycles.